The maximum atomic E-state index is 4.43. The van der Waals surface area contributed by atoms with Gasteiger partial charge in [0.05, 0.1) is 5.52 Å². The van der Waals surface area contributed by atoms with Crippen LogP contribution >= 0.6 is 0 Å². The minimum Gasteiger partial charge on any atom is -0.357 e. The van der Waals surface area contributed by atoms with E-state index in [1.165, 1.54) is 0 Å². The highest BCUT2D eigenvalue weighted by Crippen LogP contribution is 2.26. The molecule has 5 heteroatoms. The van der Waals surface area contributed by atoms with E-state index in [0.29, 0.717) is 0 Å². The second-order valence-electron chi connectivity index (χ2n) is 4.04. The molecule has 0 unspecified atom stereocenters. The molecule has 0 radical (unpaired) electrons. The van der Waals surface area contributed by atoms with Crippen LogP contribution in [-0.2, 0) is 7.05 Å². The van der Waals surface area contributed by atoms with Crippen LogP contribution in [0.3, 0.4) is 0 Å². The second-order valence-corrected chi connectivity index (χ2v) is 4.04. The van der Waals surface area contributed by atoms with Gasteiger partial charge < -0.3 is 5.32 Å². The maximum absolute atomic E-state index is 4.43. The molecule has 3 rings (SSSR count). The fourth-order valence-electron chi connectivity index (χ4n) is 2.07. The third-order valence-corrected chi connectivity index (χ3v) is 2.97. The first kappa shape index (κ1) is 10.7. The van der Waals surface area contributed by atoms with E-state index < -0.39 is 0 Å². The van der Waals surface area contributed by atoms with Crippen molar-refractivity contribution >= 4 is 16.9 Å². The highest BCUT2D eigenvalue weighted by Gasteiger charge is 2.12. The van der Waals surface area contributed by atoms with Gasteiger partial charge in [0.1, 0.15) is 0 Å². The van der Waals surface area contributed by atoms with Gasteiger partial charge in [0.15, 0.2) is 5.82 Å². The summed E-state index contributed by atoms with van der Waals surface area (Å²) in [6.45, 7) is 0. The Labute approximate surface area is 104 Å². The number of nitrogens with one attached hydrogen (secondary N) is 1. The number of anilines is 1. The molecule has 90 valence electrons. The predicted octanol–water partition coefficient (Wildman–Crippen LogP) is 2.07. The number of hydrogen-bond acceptors (Lipinski definition) is 4. The highest BCUT2D eigenvalue weighted by atomic mass is 15.3. The van der Waals surface area contributed by atoms with E-state index in [1.807, 2.05) is 49.0 Å². The van der Waals surface area contributed by atoms with Crippen LogP contribution in [0.15, 0.2) is 36.5 Å². The van der Waals surface area contributed by atoms with Crippen molar-refractivity contribution in [2.24, 2.45) is 7.05 Å². The van der Waals surface area contributed by atoms with E-state index in [2.05, 4.69) is 20.5 Å². The van der Waals surface area contributed by atoms with Crippen LogP contribution in [0, 0.1) is 0 Å². The van der Waals surface area contributed by atoms with Crippen LogP contribution in [0.25, 0.3) is 22.3 Å². The first-order valence-electron chi connectivity index (χ1n) is 5.72. The van der Waals surface area contributed by atoms with Crippen molar-refractivity contribution in [2.75, 3.05) is 12.4 Å². The Kier molecular flexibility index (Phi) is 2.44. The number of nitrogens with zero attached hydrogens (tertiary/aromatic N) is 4. The smallest absolute Gasteiger partial charge is 0.224 e. The standard InChI is InChI=1S/C13H13N5/c1-14-13-17-16-12(18(13)2)10-7-3-5-9-6-4-8-15-11(9)10/h3-8H,1-2H3,(H,14,17). The molecule has 5 nitrogen and oxygen atoms in total. The molecule has 0 aliphatic carbocycles. The molecule has 0 spiro atoms. The number of fused-ring (bicyclic) bond motifs is 1. The van der Waals surface area contributed by atoms with Crippen molar-refractivity contribution < 1.29 is 0 Å². The molecule has 0 amide bonds. The molecule has 1 aromatic carbocycles. The number of hydrogen-bond donors (Lipinski definition) is 1. The average molecular weight is 239 g/mol. The molecule has 0 aliphatic rings. The minimum atomic E-state index is 0.734. The van der Waals surface area contributed by atoms with Crippen LogP contribution in [0.5, 0.6) is 0 Å². The Morgan fingerprint density at radius 3 is 2.72 bits per heavy atom. The number of aromatic nitrogens is 4. The third-order valence-electron chi connectivity index (χ3n) is 2.97. The molecule has 3 aromatic rings. The lowest BCUT2D eigenvalue weighted by Gasteiger charge is -2.05. The van der Waals surface area contributed by atoms with Crippen LogP contribution in [0.4, 0.5) is 5.95 Å². The van der Waals surface area contributed by atoms with Gasteiger partial charge in [-0.15, -0.1) is 10.2 Å². The Balaban J connectivity index is 2.28. The molecular weight excluding hydrogens is 226 g/mol. The van der Waals surface area contributed by atoms with Gasteiger partial charge in [-0.3, -0.25) is 9.55 Å². The summed E-state index contributed by atoms with van der Waals surface area (Å²) in [5.74, 6) is 1.54. The Bertz CT molecular complexity index is 696. The zero-order valence-electron chi connectivity index (χ0n) is 10.3. The van der Waals surface area contributed by atoms with Gasteiger partial charge in [0, 0.05) is 31.2 Å². The first-order chi connectivity index (χ1) is 8.81. The van der Waals surface area contributed by atoms with Crippen LogP contribution in [0.1, 0.15) is 0 Å². The fraction of sp³-hybridized carbons (Fsp3) is 0.154. The summed E-state index contributed by atoms with van der Waals surface area (Å²) in [4.78, 5) is 4.43. The lowest BCUT2D eigenvalue weighted by atomic mass is 10.1. The fourth-order valence-corrected chi connectivity index (χ4v) is 2.07. The van der Waals surface area contributed by atoms with E-state index in [0.717, 1.165) is 28.2 Å². The van der Waals surface area contributed by atoms with Crippen LogP contribution < -0.4 is 5.32 Å². The van der Waals surface area contributed by atoms with Crippen LogP contribution in [-0.4, -0.2) is 26.8 Å². The molecule has 18 heavy (non-hydrogen) atoms. The minimum absolute atomic E-state index is 0.734. The Morgan fingerprint density at radius 2 is 1.94 bits per heavy atom. The molecule has 1 N–H and O–H groups in total. The Hall–Kier alpha value is -2.43. The lowest BCUT2D eigenvalue weighted by molar-refractivity contribution is 0.926. The molecule has 2 aromatic heterocycles. The molecule has 0 aliphatic heterocycles. The SMILES string of the molecule is CNc1nnc(-c2cccc3cccnc23)n1C. The van der Waals surface area contributed by atoms with Gasteiger partial charge in [-0.05, 0) is 12.1 Å². The van der Waals surface area contributed by atoms with Gasteiger partial charge in [-0.1, -0.05) is 18.2 Å². The highest BCUT2D eigenvalue weighted by molar-refractivity contribution is 5.91. The summed E-state index contributed by atoms with van der Waals surface area (Å²) in [5, 5.41) is 12.4. The first-order valence-corrected chi connectivity index (χ1v) is 5.72. The maximum Gasteiger partial charge on any atom is 0.224 e. The summed E-state index contributed by atoms with van der Waals surface area (Å²) in [6.07, 6.45) is 1.79. The van der Waals surface area contributed by atoms with Gasteiger partial charge in [-0.2, -0.15) is 0 Å². The second kappa shape index (κ2) is 4.10. The molecular formula is C13H13N5. The molecule has 0 atom stereocenters. The largest absolute Gasteiger partial charge is 0.357 e. The van der Waals surface area contributed by atoms with E-state index in [-0.39, 0.29) is 0 Å². The van der Waals surface area contributed by atoms with Crippen molar-refractivity contribution in [3.05, 3.63) is 36.5 Å². The molecule has 2 heterocycles. The van der Waals surface area contributed by atoms with Gasteiger partial charge in [0.25, 0.3) is 0 Å². The van der Waals surface area contributed by atoms with E-state index in [4.69, 9.17) is 0 Å². The van der Waals surface area contributed by atoms with Gasteiger partial charge >= 0.3 is 0 Å². The normalized spacial score (nSPS) is 10.8. The van der Waals surface area contributed by atoms with Crippen molar-refractivity contribution in [3.8, 4) is 11.4 Å². The van der Waals surface area contributed by atoms with Crippen molar-refractivity contribution in [3.63, 3.8) is 0 Å². The van der Waals surface area contributed by atoms with Crippen LogP contribution in [0.2, 0.25) is 0 Å². The average Bonchev–Trinajstić information content (AvgIpc) is 2.79. The molecule has 0 saturated carbocycles. The van der Waals surface area contributed by atoms with E-state index in [1.54, 1.807) is 6.20 Å². The quantitative estimate of drug-likeness (QED) is 0.743. The number of benzene rings is 1. The lowest BCUT2D eigenvalue weighted by Crippen LogP contribution is -2.00. The monoisotopic (exact) mass is 239 g/mol. The van der Waals surface area contributed by atoms with Crippen molar-refractivity contribution in [1.82, 2.24) is 19.7 Å². The van der Waals surface area contributed by atoms with Gasteiger partial charge in [0.2, 0.25) is 5.95 Å². The number of para-hydroxylation sites is 1. The summed E-state index contributed by atoms with van der Waals surface area (Å²) in [5.41, 5.74) is 1.93. The van der Waals surface area contributed by atoms with E-state index in [9.17, 15) is 0 Å². The third kappa shape index (κ3) is 1.52. The summed E-state index contributed by atoms with van der Waals surface area (Å²) in [6, 6.07) is 10.0. The van der Waals surface area contributed by atoms with Crippen molar-refractivity contribution in [1.29, 1.82) is 0 Å². The zero-order valence-corrected chi connectivity index (χ0v) is 10.3. The summed E-state index contributed by atoms with van der Waals surface area (Å²) in [7, 11) is 3.76. The van der Waals surface area contributed by atoms with Crippen molar-refractivity contribution in [2.45, 2.75) is 0 Å². The molecule has 0 fully saturated rings. The van der Waals surface area contributed by atoms with Gasteiger partial charge in [-0.25, -0.2) is 0 Å². The number of rotatable bonds is 2. The zero-order chi connectivity index (χ0) is 12.5. The van der Waals surface area contributed by atoms with E-state index >= 15 is 0 Å². The predicted molar refractivity (Wildman–Crippen MR) is 71.3 cm³/mol. The summed E-state index contributed by atoms with van der Waals surface area (Å²) < 4.78 is 1.92. The molecule has 0 saturated heterocycles. The number of pyridine rings is 1. The Morgan fingerprint density at radius 1 is 1.11 bits per heavy atom. The summed E-state index contributed by atoms with van der Waals surface area (Å²) >= 11 is 0. The molecule has 0 bridgehead atoms. The topological polar surface area (TPSA) is 55.6 Å².